The Kier molecular flexibility index (Phi) is 5.13. The summed E-state index contributed by atoms with van der Waals surface area (Å²) in [6.07, 6.45) is 0.447. The minimum absolute atomic E-state index is 0.0161. The molecule has 1 heterocycles. The molecule has 0 radical (unpaired) electrons. The number of ether oxygens (including phenoxy) is 1. The van der Waals surface area contributed by atoms with E-state index in [1.54, 1.807) is 29.2 Å². The van der Waals surface area contributed by atoms with Crippen LogP contribution in [-0.2, 0) is 11.3 Å². The van der Waals surface area contributed by atoms with Gasteiger partial charge in [0.2, 0.25) is 5.91 Å². The van der Waals surface area contributed by atoms with Crippen molar-refractivity contribution in [3.8, 4) is 11.5 Å². The van der Waals surface area contributed by atoms with Gasteiger partial charge in [0, 0.05) is 30.1 Å². The van der Waals surface area contributed by atoms with Gasteiger partial charge in [0.1, 0.15) is 17.3 Å². The molecule has 1 saturated heterocycles. The van der Waals surface area contributed by atoms with Crippen molar-refractivity contribution in [3.05, 3.63) is 58.4 Å². The van der Waals surface area contributed by atoms with Gasteiger partial charge in [0.15, 0.2) is 0 Å². The first-order valence-corrected chi connectivity index (χ1v) is 8.48. The van der Waals surface area contributed by atoms with E-state index in [1.165, 1.54) is 0 Å². The highest BCUT2D eigenvalue weighted by molar-refractivity contribution is 6.30. The van der Waals surface area contributed by atoms with Gasteiger partial charge in [-0.1, -0.05) is 18.5 Å². The van der Waals surface area contributed by atoms with Crippen molar-refractivity contribution in [1.29, 1.82) is 0 Å². The molecule has 2 aromatic rings. The number of nitrogens with zero attached hydrogens (tertiary/aromatic N) is 1. The molecule has 0 aliphatic carbocycles. The monoisotopic (exact) mass is 377 g/mol. The number of likely N-dealkylation sites (tertiary alicyclic amines) is 1. The van der Waals surface area contributed by atoms with Crippen LogP contribution in [0.2, 0.25) is 5.02 Å². The summed E-state index contributed by atoms with van der Waals surface area (Å²) in [4.78, 5) is 24.9. The van der Waals surface area contributed by atoms with Crippen LogP contribution in [0.1, 0.15) is 29.3 Å². The summed E-state index contributed by atoms with van der Waals surface area (Å²) in [7, 11) is 0. The van der Waals surface area contributed by atoms with Crippen molar-refractivity contribution in [3.63, 3.8) is 0 Å². The normalized spacial score (nSPS) is 16.8. The zero-order chi connectivity index (χ0) is 18.8. The highest BCUT2D eigenvalue weighted by atomic mass is 35.5. The number of carbonyl (C=O) groups excluding carboxylic acids is 1. The minimum atomic E-state index is -1.39. The molecule has 136 valence electrons. The molecule has 3 rings (SSSR count). The fourth-order valence-electron chi connectivity index (χ4n) is 2.93. The van der Waals surface area contributed by atoms with Gasteiger partial charge in [-0.25, -0.2) is 9.18 Å². The van der Waals surface area contributed by atoms with E-state index in [-0.39, 0.29) is 24.1 Å². The maximum atomic E-state index is 14.2. The zero-order valence-corrected chi connectivity index (χ0v) is 14.8. The van der Waals surface area contributed by atoms with Crippen molar-refractivity contribution in [2.45, 2.75) is 19.9 Å². The van der Waals surface area contributed by atoms with E-state index in [0.717, 1.165) is 12.1 Å². The van der Waals surface area contributed by atoms with Crippen LogP contribution in [0.25, 0.3) is 0 Å². The number of hydrogen-bond acceptors (Lipinski definition) is 3. The molecule has 1 unspecified atom stereocenters. The molecule has 7 heteroatoms. The van der Waals surface area contributed by atoms with E-state index >= 15 is 0 Å². The standard InChI is InChI=1S/C19H17ClFNO4/c1-11-6-18(23)22(9-11)10-12-7-16(21)15(19(24)25)8-17(12)26-14-4-2-13(20)3-5-14/h2-5,7-8,11H,6,9-10H2,1H3,(H,24,25). The molecule has 0 spiro atoms. The molecule has 0 saturated carbocycles. The fourth-order valence-corrected chi connectivity index (χ4v) is 3.06. The van der Waals surface area contributed by atoms with E-state index in [9.17, 15) is 14.0 Å². The SMILES string of the molecule is CC1CC(=O)N(Cc2cc(F)c(C(=O)O)cc2Oc2ccc(Cl)cc2)C1. The third-order valence-corrected chi connectivity index (χ3v) is 4.44. The minimum Gasteiger partial charge on any atom is -0.478 e. The van der Waals surface area contributed by atoms with Gasteiger partial charge in [-0.3, -0.25) is 4.79 Å². The number of aromatic carboxylic acids is 1. The number of carboxylic acids is 1. The lowest BCUT2D eigenvalue weighted by Gasteiger charge is -2.19. The Morgan fingerprint density at radius 2 is 2.04 bits per heavy atom. The Labute approximate surface area is 154 Å². The quantitative estimate of drug-likeness (QED) is 0.841. The first-order chi connectivity index (χ1) is 12.3. The van der Waals surface area contributed by atoms with Crippen molar-refractivity contribution in [1.82, 2.24) is 4.90 Å². The zero-order valence-electron chi connectivity index (χ0n) is 14.0. The van der Waals surface area contributed by atoms with E-state index < -0.39 is 17.3 Å². The lowest BCUT2D eigenvalue weighted by Crippen LogP contribution is -2.24. The average molecular weight is 378 g/mol. The average Bonchev–Trinajstić information content (AvgIpc) is 2.89. The Morgan fingerprint density at radius 3 is 2.62 bits per heavy atom. The van der Waals surface area contributed by atoms with Crippen molar-refractivity contribution in [2.24, 2.45) is 5.92 Å². The molecule has 5 nitrogen and oxygen atoms in total. The van der Waals surface area contributed by atoms with Crippen LogP contribution in [0.15, 0.2) is 36.4 Å². The summed E-state index contributed by atoms with van der Waals surface area (Å²) in [5.74, 6) is -1.42. The second kappa shape index (κ2) is 7.33. The second-order valence-electron chi connectivity index (χ2n) is 6.38. The van der Waals surface area contributed by atoms with Gasteiger partial charge in [0.25, 0.3) is 0 Å². The maximum absolute atomic E-state index is 14.2. The lowest BCUT2D eigenvalue weighted by atomic mass is 10.1. The van der Waals surface area contributed by atoms with Crippen molar-refractivity contribution in [2.75, 3.05) is 6.54 Å². The fraction of sp³-hybridized carbons (Fsp3) is 0.263. The number of amides is 1. The van der Waals surface area contributed by atoms with Gasteiger partial charge in [-0.2, -0.15) is 0 Å². The first kappa shape index (κ1) is 18.2. The summed E-state index contributed by atoms with van der Waals surface area (Å²) >= 11 is 5.85. The number of rotatable bonds is 5. The molecule has 1 N–H and O–H groups in total. The molecular weight excluding hydrogens is 361 g/mol. The summed E-state index contributed by atoms with van der Waals surface area (Å²) in [6, 6.07) is 8.77. The predicted octanol–water partition coefficient (Wildman–Crippen LogP) is 4.34. The molecule has 1 amide bonds. The summed E-state index contributed by atoms with van der Waals surface area (Å²) < 4.78 is 19.9. The second-order valence-corrected chi connectivity index (χ2v) is 6.82. The topological polar surface area (TPSA) is 66.8 Å². The number of halogens is 2. The lowest BCUT2D eigenvalue weighted by molar-refractivity contribution is -0.128. The third kappa shape index (κ3) is 3.96. The number of carboxylic acid groups (broad SMARTS) is 1. The summed E-state index contributed by atoms with van der Waals surface area (Å²) in [5.41, 5.74) is -0.0799. The summed E-state index contributed by atoms with van der Waals surface area (Å²) in [6.45, 7) is 2.70. The molecule has 1 aliphatic rings. The van der Waals surface area contributed by atoms with Crippen LogP contribution < -0.4 is 4.74 Å². The predicted molar refractivity (Wildman–Crippen MR) is 94.1 cm³/mol. The van der Waals surface area contributed by atoms with Crippen LogP contribution >= 0.6 is 11.6 Å². The largest absolute Gasteiger partial charge is 0.478 e. The Bertz CT molecular complexity index is 853. The number of carbonyl (C=O) groups is 2. The van der Waals surface area contributed by atoms with Crippen molar-refractivity contribution < 1.29 is 23.8 Å². The number of benzene rings is 2. The van der Waals surface area contributed by atoms with Crippen molar-refractivity contribution >= 4 is 23.5 Å². The molecule has 1 atom stereocenters. The van der Waals surface area contributed by atoms with Crippen LogP contribution in [0.3, 0.4) is 0 Å². The van der Waals surface area contributed by atoms with Gasteiger partial charge in [-0.15, -0.1) is 0 Å². The Hall–Kier alpha value is -2.60. The number of hydrogen-bond donors (Lipinski definition) is 1. The maximum Gasteiger partial charge on any atom is 0.338 e. The molecule has 1 fully saturated rings. The third-order valence-electron chi connectivity index (χ3n) is 4.19. The molecule has 26 heavy (non-hydrogen) atoms. The van der Waals surface area contributed by atoms with Gasteiger partial charge < -0.3 is 14.7 Å². The van der Waals surface area contributed by atoms with Crippen LogP contribution in [0.4, 0.5) is 4.39 Å². The molecule has 1 aliphatic heterocycles. The highest BCUT2D eigenvalue weighted by Gasteiger charge is 2.28. The Balaban J connectivity index is 1.95. The van der Waals surface area contributed by atoms with Gasteiger partial charge >= 0.3 is 5.97 Å². The van der Waals surface area contributed by atoms with Gasteiger partial charge in [0.05, 0.1) is 5.56 Å². The van der Waals surface area contributed by atoms with Crippen LogP contribution in [0, 0.1) is 11.7 Å². The van der Waals surface area contributed by atoms with E-state index in [4.69, 9.17) is 21.4 Å². The summed E-state index contributed by atoms with van der Waals surface area (Å²) in [5, 5.41) is 9.69. The van der Waals surface area contributed by atoms with Crippen LogP contribution in [0.5, 0.6) is 11.5 Å². The van der Waals surface area contributed by atoms with Gasteiger partial charge in [-0.05, 0) is 42.3 Å². The highest BCUT2D eigenvalue weighted by Crippen LogP contribution is 2.31. The molecule has 2 aromatic carbocycles. The smallest absolute Gasteiger partial charge is 0.338 e. The van der Waals surface area contributed by atoms with E-state index in [0.29, 0.717) is 29.3 Å². The van der Waals surface area contributed by atoms with E-state index in [1.807, 2.05) is 6.92 Å². The molecular formula is C19H17ClFNO4. The molecule has 0 aromatic heterocycles. The first-order valence-electron chi connectivity index (χ1n) is 8.10. The van der Waals surface area contributed by atoms with E-state index in [2.05, 4.69) is 0 Å². The van der Waals surface area contributed by atoms with Crippen LogP contribution in [-0.4, -0.2) is 28.4 Å². The molecule has 0 bridgehead atoms. The Morgan fingerprint density at radius 1 is 1.35 bits per heavy atom.